The molecule has 0 fully saturated rings. The normalized spacial score (nSPS) is 24.8. The van der Waals surface area contributed by atoms with Crippen LogP contribution in [0.15, 0.2) is 49.3 Å². The van der Waals surface area contributed by atoms with Gasteiger partial charge in [0.2, 0.25) is 0 Å². The number of nitrogens with zero attached hydrogens (tertiary/aromatic N) is 4. The highest BCUT2D eigenvalue weighted by molar-refractivity contribution is 5.69. The van der Waals surface area contributed by atoms with Crippen molar-refractivity contribution in [2.24, 2.45) is 5.92 Å². The van der Waals surface area contributed by atoms with Crippen LogP contribution >= 0.6 is 0 Å². The quantitative estimate of drug-likeness (QED) is 0.750. The first kappa shape index (κ1) is 13.0. The highest BCUT2D eigenvalue weighted by atomic mass is 16.3. The minimum Gasteiger partial charge on any atom is -0.388 e. The van der Waals surface area contributed by atoms with E-state index in [1.165, 1.54) is 11.1 Å². The Bertz CT molecular complexity index is 888. The van der Waals surface area contributed by atoms with Crippen LogP contribution in [0, 0.1) is 5.92 Å². The molecule has 3 aromatic rings. The fraction of sp³-hybridized carbons (Fsp3) is 0.278. The van der Waals surface area contributed by atoms with E-state index in [1.54, 1.807) is 12.5 Å². The van der Waals surface area contributed by atoms with Crippen molar-refractivity contribution in [2.45, 2.75) is 25.0 Å². The van der Waals surface area contributed by atoms with Crippen LogP contribution in [-0.4, -0.2) is 24.6 Å². The third-order valence-electron chi connectivity index (χ3n) is 5.19. The molecule has 0 saturated heterocycles. The molecule has 114 valence electrons. The smallest absolute Gasteiger partial charge is 0.115 e. The lowest BCUT2D eigenvalue weighted by molar-refractivity contribution is 0.0706. The minimum absolute atomic E-state index is 0.102. The predicted molar refractivity (Wildman–Crippen MR) is 84.6 cm³/mol. The number of benzene rings is 1. The fourth-order valence-corrected chi connectivity index (χ4v) is 4.15. The first-order chi connectivity index (χ1) is 11.3. The van der Waals surface area contributed by atoms with Gasteiger partial charge in [-0.1, -0.05) is 24.3 Å². The Morgan fingerprint density at radius 3 is 2.96 bits per heavy atom. The molecule has 1 N–H and O–H groups in total. The molecule has 0 bridgehead atoms. The number of aliphatic hydroxyl groups is 1. The van der Waals surface area contributed by atoms with Gasteiger partial charge in [-0.15, -0.1) is 0 Å². The van der Waals surface area contributed by atoms with E-state index in [0.717, 1.165) is 29.8 Å². The second-order valence-electron chi connectivity index (χ2n) is 6.29. The van der Waals surface area contributed by atoms with Crippen LogP contribution in [0.3, 0.4) is 0 Å². The largest absolute Gasteiger partial charge is 0.388 e. The van der Waals surface area contributed by atoms with Gasteiger partial charge in [-0.25, -0.2) is 15.0 Å². The Morgan fingerprint density at radius 2 is 2.00 bits per heavy atom. The second-order valence-corrected chi connectivity index (χ2v) is 6.29. The molecule has 0 spiro atoms. The van der Waals surface area contributed by atoms with Crippen molar-refractivity contribution in [1.82, 2.24) is 19.5 Å². The number of aryl methyl sites for hydroxylation is 1. The number of aliphatic hydroxyl groups excluding tert-OH is 1. The SMILES string of the molecule is O[C@@H]1c2cncnc2CC[C@H]1[C@H]1c2ccccc2-c2cncn21. The molecule has 2 aromatic heterocycles. The van der Waals surface area contributed by atoms with Crippen molar-refractivity contribution >= 4 is 0 Å². The molecule has 0 radical (unpaired) electrons. The molecule has 3 heterocycles. The van der Waals surface area contributed by atoms with Gasteiger partial charge >= 0.3 is 0 Å². The van der Waals surface area contributed by atoms with Gasteiger partial charge in [0.05, 0.1) is 30.4 Å². The Morgan fingerprint density at radius 1 is 1.09 bits per heavy atom. The summed E-state index contributed by atoms with van der Waals surface area (Å²) >= 11 is 0. The van der Waals surface area contributed by atoms with E-state index in [-0.39, 0.29) is 12.0 Å². The van der Waals surface area contributed by atoms with Crippen LogP contribution in [0.1, 0.15) is 35.4 Å². The monoisotopic (exact) mass is 304 g/mol. The Kier molecular flexibility index (Phi) is 2.67. The summed E-state index contributed by atoms with van der Waals surface area (Å²) in [6, 6.07) is 8.54. The summed E-state index contributed by atoms with van der Waals surface area (Å²) in [6.45, 7) is 0. The first-order valence-corrected chi connectivity index (χ1v) is 7.92. The van der Waals surface area contributed by atoms with E-state index in [9.17, 15) is 5.11 Å². The van der Waals surface area contributed by atoms with Gasteiger partial charge < -0.3 is 9.67 Å². The maximum absolute atomic E-state index is 11.0. The average Bonchev–Trinajstić information content (AvgIpc) is 3.17. The number of imidazole rings is 1. The molecule has 0 amide bonds. The number of hydrogen-bond acceptors (Lipinski definition) is 4. The lowest BCUT2D eigenvalue weighted by Gasteiger charge is -2.34. The third kappa shape index (κ3) is 1.74. The summed E-state index contributed by atoms with van der Waals surface area (Å²) < 4.78 is 2.20. The van der Waals surface area contributed by atoms with Gasteiger partial charge in [-0.3, -0.25) is 0 Å². The van der Waals surface area contributed by atoms with Crippen LogP contribution in [0.5, 0.6) is 0 Å². The molecule has 23 heavy (non-hydrogen) atoms. The molecular formula is C18H16N4O. The minimum atomic E-state index is -0.550. The van der Waals surface area contributed by atoms with E-state index in [4.69, 9.17) is 0 Å². The number of hydrogen-bond donors (Lipinski definition) is 1. The number of rotatable bonds is 1. The zero-order valence-corrected chi connectivity index (χ0v) is 12.5. The lowest BCUT2D eigenvalue weighted by Crippen LogP contribution is -2.29. The van der Waals surface area contributed by atoms with Crippen LogP contribution < -0.4 is 0 Å². The second kappa shape index (κ2) is 4.73. The zero-order valence-electron chi connectivity index (χ0n) is 12.5. The Hall–Kier alpha value is -2.53. The van der Waals surface area contributed by atoms with Gasteiger partial charge in [-0.2, -0.15) is 0 Å². The van der Waals surface area contributed by atoms with Gasteiger partial charge in [0.15, 0.2) is 0 Å². The summed E-state index contributed by atoms with van der Waals surface area (Å²) in [4.78, 5) is 12.7. The van der Waals surface area contributed by atoms with Crippen molar-refractivity contribution in [3.8, 4) is 11.3 Å². The van der Waals surface area contributed by atoms with Crippen LogP contribution in [0.4, 0.5) is 0 Å². The Balaban J connectivity index is 1.64. The van der Waals surface area contributed by atoms with Crippen molar-refractivity contribution in [3.05, 3.63) is 66.1 Å². The lowest BCUT2D eigenvalue weighted by atomic mass is 9.78. The summed E-state index contributed by atoms with van der Waals surface area (Å²) in [7, 11) is 0. The van der Waals surface area contributed by atoms with Crippen molar-refractivity contribution in [1.29, 1.82) is 0 Å². The van der Waals surface area contributed by atoms with Crippen LogP contribution in [0.25, 0.3) is 11.3 Å². The van der Waals surface area contributed by atoms with E-state index < -0.39 is 6.10 Å². The van der Waals surface area contributed by atoms with Crippen molar-refractivity contribution in [3.63, 3.8) is 0 Å². The van der Waals surface area contributed by atoms with Gasteiger partial charge in [-0.05, 0) is 18.4 Å². The van der Waals surface area contributed by atoms with E-state index in [2.05, 4.69) is 43.8 Å². The zero-order chi connectivity index (χ0) is 15.4. The predicted octanol–water partition coefficient (Wildman–Crippen LogP) is 2.54. The van der Waals surface area contributed by atoms with Gasteiger partial charge in [0.1, 0.15) is 6.33 Å². The molecule has 0 unspecified atom stereocenters. The topological polar surface area (TPSA) is 63.8 Å². The maximum atomic E-state index is 11.0. The van der Waals surface area contributed by atoms with Crippen molar-refractivity contribution < 1.29 is 5.11 Å². The third-order valence-corrected chi connectivity index (χ3v) is 5.19. The summed E-state index contributed by atoms with van der Waals surface area (Å²) in [5, 5.41) is 11.0. The van der Waals surface area contributed by atoms with Crippen LogP contribution in [0.2, 0.25) is 0 Å². The maximum Gasteiger partial charge on any atom is 0.115 e. The van der Waals surface area contributed by atoms with Gasteiger partial charge in [0, 0.05) is 28.9 Å². The molecule has 5 rings (SSSR count). The summed E-state index contributed by atoms with van der Waals surface area (Å²) in [6.07, 6.45) is 8.34. The molecule has 3 atom stereocenters. The summed E-state index contributed by atoms with van der Waals surface area (Å²) in [5.41, 5.74) is 5.47. The first-order valence-electron chi connectivity index (χ1n) is 7.92. The van der Waals surface area contributed by atoms with Crippen molar-refractivity contribution in [2.75, 3.05) is 0 Å². The highest BCUT2D eigenvalue weighted by Gasteiger charge is 2.40. The fourth-order valence-electron chi connectivity index (χ4n) is 4.15. The van der Waals surface area contributed by atoms with E-state index in [0.29, 0.717) is 0 Å². The average molecular weight is 304 g/mol. The summed E-state index contributed by atoms with van der Waals surface area (Å²) in [5.74, 6) is 0.102. The van der Waals surface area contributed by atoms with Gasteiger partial charge in [0.25, 0.3) is 0 Å². The molecule has 5 heteroatoms. The molecule has 5 nitrogen and oxygen atoms in total. The van der Waals surface area contributed by atoms with Crippen LogP contribution in [-0.2, 0) is 6.42 Å². The Labute approximate surface area is 133 Å². The van der Waals surface area contributed by atoms with E-state index in [1.807, 2.05) is 12.5 Å². The standard InChI is InChI=1S/C18H16N4O/c23-18-13(5-6-15-14(18)7-19-9-21-15)17-12-4-2-1-3-11(12)16-8-20-10-22(16)17/h1-4,7-10,13,17-18,23H,5-6H2/t13-,17+,18-/m0/s1. The molecular weight excluding hydrogens is 288 g/mol. The molecule has 1 aliphatic heterocycles. The van der Waals surface area contributed by atoms with E-state index >= 15 is 0 Å². The molecule has 1 aromatic carbocycles. The molecule has 1 aliphatic carbocycles. The highest BCUT2D eigenvalue weighted by Crippen LogP contribution is 2.49. The number of aromatic nitrogens is 4. The number of fused-ring (bicyclic) bond motifs is 4. The molecule has 2 aliphatic rings. The molecule has 0 saturated carbocycles.